The van der Waals surface area contributed by atoms with Gasteiger partial charge in [-0.1, -0.05) is 113 Å². The smallest absolute Gasteiger partial charge is 0.201 e. The Labute approximate surface area is 325 Å². The number of rotatable bonds is 15. The highest BCUT2D eigenvalue weighted by Gasteiger charge is 2.22. The molecule has 292 valence electrons. The van der Waals surface area contributed by atoms with Gasteiger partial charge in [0.05, 0.1) is 13.2 Å². The highest BCUT2D eigenvalue weighted by atomic mass is 19.2. The Morgan fingerprint density at radius 2 is 0.945 bits per heavy atom. The molecule has 0 bridgehead atoms. The van der Waals surface area contributed by atoms with Crippen molar-refractivity contribution in [2.45, 2.75) is 104 Å². The van der Waals surface area contributed by atoms with E-state index in [1.165, 1.54) is 72.9 Å². The van der Waals surface area contributed by atoms with Gasteiger partial charge in [-0.2, -0.15) is 8.78 Å². The van der Waals surface area contributed by atoms with E-state index in [0.29, 0.717) is 30.3 Å². The van der Waals surface area contributed by atoms with Crippen LogP contribution >= 0.6 is 0 Å². The van der Waals surface area contributed by atoms with Crippen LogP contribution in [0.3, 0.4) is 0 Å². The Balaban J connectivity index is 0.000000211. The minimum atomic E-state index is -0.935. The standard InChI is InChI=1S/C25H26F2O.C24H30F2O/c1-3-5-18-6-8-19(9-7-18)10-11-20-12-14-21(15-13-20)22-16-17-23(28-4-2)25(27)24(22)26;1-3-5-17-6-8-18(9-7-17)19-10-12-20(13-11-19)21-14-15-22(27-16-4-2)24(26)23(21)25/h6-9,12-17H,3-5,10-11H2,1-2H3;10-15,17-18H,3-9,16H2,1-2H3. The lowest BCUT2D eigenvalue weighted by molar-refractivity contribution is 0.295. The second-order valence-electron chi connectivity index (χ2n) is 14.7. The largest absolute Gasteiger partial charge is 0.491 e. The van der Waals surface area contributed by atoms with E-state index in [2.05, 4.69) is 50.2 Å². The number of halogens is 4. The topological polar surface area (TPSA) is 18.5 Å². The number of aryl methyl sites for hydroxylation is 3. The quantitative estimate of drug-likeness (QED) is 0.0992. The zero-order valence-electron chi connectivity index (χ0n) is 32.9. The van der Waals surface area contributed by atoms with E-state index in [0.717, 1.165) is 38.0 Å². The lowest BCUT2D eigenvalue weighted by Crippen LogP contribution is -2.13. The van der Waals surface area contributed by atoms with E-state index in [4.69, 9.17) is 9.47 Å². The molecule has 0 unspecified atom stereocenters. The summed E-state index contributed by atoms with van der Waals surface area (Å²) < 4.78 is 67.6. The van der Waals surface area contributed by atoms with E-state index in [1.807, 2.05) is 43.3 Å². The number of ether oxygens (including phenoxy) is 2. The fraction of sp³-hybridized carbons (Fsp3) is 0.388. The van der Waals surface area contributed by atoms with E-state index >= 15 is 0 Å². The van der Waals surface area contributed by atoms with Crippen molar-refractivity contribution in [1.82, 2.24) is 0 Å². The van der Waals surface area contributed by atoms with Crippen LogP contribution in [0.25, 0.3) is 22.3 Å². The van der Waals surface area contributed by atoms with Crippen molar-refractivity contribution < 1.29 is 27.0 Å². The van der Waals surface area contributed by atoms with Gasteiger partial charge in [0.15, 0.2) is 23.1 Å². The minimum absolute atomic E-state index is 0.0152. The van der Waals surface area contributed by atoms with E-state index in [1.54, 1.807) is 19.1 Å². The molecule has 0 aromatic heterocycles. The molecule has 1 fully saturated rings. The van der Waals surface area contributed by atoms with Crippen LogP contribution in [0.2, 0.25) is 0 Å². The van der Waals surface area contributed by atoms with Gasteiger partial charge in [-0.25, -0.2) is 8.78 Å². The predicted molar refractivity (Wildman–Crippen MR) is 218 cm³/mol. The predicted octanol–water partition coefficient (Wildman–Crippen LogP) is 14.3. The van der Waals surface area contributed by atoms with Gasteiger partial charge in [0.2, 0.25) is 11.6 Å². The third-order valence-corrected chi connectivity index (χ3v) is 10.6. The maximum absolute atomic E-state index is 14.5. The van der Waals surface area contributed by atoms with Gasteiger partial charge in [0, 0.05) is 11.1 Å². The Hall–Kier alpha value is -4.58. The fourth-order valence-electron chi connectivity index (χ4n) is 7.53. The summed E-state index contributed by atoms with van der Waals surface area (Å²) in [5.41, 5.74) is 7.08. The van der Waals surface area contributed by atoms with Crippen LogP contribution in [0, 0.1) is 29.2 Å². The third-order valence-electron chi connectivity index (χ3n) is 10.6. The maximum atomic E-state index is 14.5. The SMILES string of the molecule is CCCOc1ccc(-c2ccc(C3CCC(CCC)CC3)cc2)c(F)c1F.CCCc1ccc(CCc2ccc(-c3ccc(OCC)c(F)c3F)cc2)cc1. The summed E-state index contributed by atoms with van der Waals surface area (Å²) >= 11 is 0. The monoisotopic (exact) mass is 752 g/mol. The molecule has 5 aromatic carbocycles. The van der Waals surface area contributed by atoms with Crippen LogP contribution in [-0.4, -0.2) is 13.2 Å². The summed E-state index contributed by atoms with van der Waals surface area (Å²) in [7, 11) is 0. The van der Waals surface area contributed by atoms with Crippen LogP contribution < -0.4 is 9.47 Å². The molecule has 0 heterocycles. The van der Waals surface area contributed by atoms with Gasteiger partial charge < -0.3 is 9.47 Å². The highest BCUT2D eigenvalue weighted by Crippen LogP contribution is 2.39. The summed E-state index contributed by atoms with van der Waals surface area (Å²) in [6.45, 7) is 8.79. The van der Waals surface area contributed by atoms with Crippen molar-refractivity contribution in [2.24, 2.45) is 5.92 Å². The normalized spacial score (nSPS) is 15.3. The Morgan fingerprint density at radius 3 is 1.42 bits per heavy atom. The summed E-state index contributed by atoms with van der Waals surface area (Å²) in [6.07, 6.45) is 12.6. The van der Waals surface area contributed by atoms with Crippen molar-refractivity contribution >= 4 is 0 Å². The molecule has 1 saturated carbocycles. The summed E-state index contributed by atoms with van der Waals surface area (Å²) in [6, 6.07) is 30.6. The molecule has 55 heavy (non-hydrogen) atoms. The first kappa shape index (κ1) is 41.6. The molecule has 0 atom stereocenters. The van der Waals surface area contributed by atoms with E-state index < -0.39 is 23.3 Å². The average Bonchev–Trinajstić information content (AvgIpc) is 3.21. The maximum Gasteiger partial charge on any atom is 0.201 e. The molecule has 0 aliphatic heterocycles. The molecule has 0 saturated heterocycles. The molecule has 0 spiro atoms. The molecule has 2 nitrogen and oxygen atoms in total. The van der Waals surface area contributed by atoms with Gasteiger partial charge in [-0.3, -0.25) is 0 Å². The van der Waals surface area contributed by atoms with Crippen molar-refractivity contribution in [3.05, 3.63) is 143 Å². The van der Waals surface area contributed by atoms with E-state index in [-0.39, 0.29) is 22.6 Å². The number of hydrogen-bond donors (Lipinski definition) is 0. The highest BCUT2D eigenvalue weighted by molar-refractivity contribution is 5.66. The van der Waals surface area contributed by atoms with Gasteiger partial charge in [0.25, 0.3) is 0 Å². The van der Waals surface area contributed by atoms with Crippen molar-refractivity contribution in [3.63, 3.8) is 0 Å². The average molecular weight is 753 g/mol. The molecule has 0 amide bonds. The van der Waals surface area contributed by atoms with Gasteiger partial charge in [-0.15, -0.1) is 0 Å². The summed E-state index contributed by atoms with van der Waals surface area (Å²) in [5, 5.41) is 0. The van der Waals surface area contributed by atoms with Gasteiger partial charge >= 0.3 is 0 Å². The van der Waals surface area contributed by atoms with Gasteiger partial charge in [0.1, 0.15) is 0 Å². The molecule has 1 aliphatic carbocycles. The fourth-order valence-corrected chi connectivity index (χ4v) is 7.53. The Kier molecular flexibility index (Phi) is 15.8. The molecule has 1 aliphatic rings. The molecule has 0 radical (unpaired) electrons. The number of hydrogen-bond acceptors (Lipinski definition) is 2. The van der Waals surface area contributed by atoms with Crippen LogP contribution in [0.5, 0.6) is 11.5 Å². The summed E-state index contributed by atoms with van der Waals surface area (Å²) in [4.78, 5) is 0. The van der Waals surface area contributed by atoms with Crippen LogP contribution in [0.15, 0.2) is 97.1 Å². The number of benzene rings is 5. The molecular formula is C49H56F4O2. The molecule has 6 heteroatoms. The zero-order chi connectivity index (χ0) is 39.2. The lowest BCUT2D eigenvalue weighted by Gasteiger charge is -2.28. The van der Waals surface area contributed by atoms with Crippen LogP contribution in [0.1, 0.15) is 107 Å². The molecule has 0 N–H and O–H groups in total. The molecule has 5 aromatic rings. The van der Waals surface area contributed by atoms with Crippen LogP contribution in [-0.2, 0) is 19.3 Å². The molecular weight excluding hydrogens is 697 g/mol. The van der Waals surface area contributed by atoms with Crippen LogP contribution in [0.4, 0.5) is 17.6 Å². The first-order valence-corrected chi connectivity index (χ1v) is 20.2. The zero-order valence-corrected chi connectivity index (χ0v) is 32.9. The first-order chi connectivity index (χ1) is 26.8. The van der Waals surface area contributed by atoms with Crippen molar-refractivity contribution in [2.75, 3.05) is 13.2 Å². The van der Waals surface area contributed by atoms with Crippen molar-refractivity contribution in [1.29, 1.82) is 0 Å². The Bertz CT molecular complexity index is 1910. The molecule has 6 rings (SSSR count). The first-order valence-electron chi connectivity index (χ1n) is 20.2. The van der Waals surface area contributed by atoms with Gasteiger partial charge in [-0.05, 0) is 128 Å². The summed E-state index contributed by atoms with van der Waals surface area (Å²) in [5.74, 6) is -2.13. The minimum Gasteiger partial charge on any atom is -0.491 e. The Morgan fingerprint density at radius 1 is 0.473 bits per heavy atom. The third kappa shape index (κ3) is 11.2. The lowest BCUT2D eigenvalue weighted by atomic mass is 9.77. The second-order valence-corrected chi connectivity index (χ2v) is 14.7. The second kappa shape index (κ2) is 20.9. The van der Waals surface area contributed by atoms with E-state index in [9.17, 15) is 17.6 Å². The van der Waals surface area contributed by atoms with Crippen molar-refractivity contribution in [3.8, 4) is 33.8 Å².